The van der Waals surface area contributed by atoms with Crippen molar-refractivity contribution in [2.75, 3.05) is 25.9 Å². The molecule has 1 aromatic rings. The molecular formula is C13H20N2O2. The van der Waals surface area contributed by atoms with E-state index in [-0.39, 0.29) is 0 Å². The Morgan fingerprint density at radius 3 is 2.88 bits per heavy atom. The third-order valence-electron chi connectivity index (χ3n) is 3.23. The molecule has 0 bridgehead atoms. The van der Waals surface area contributed by atoms with Gasteiger partial charge in [0.05, 0.1) is 12.7 Å². The van der Waals surface area contributed by atoms with Crippen molar-refractivity contribution in [2.24, 2.45) is 0 Å². The van der Waals surface area contributed by atoms with Crippen molar-refractivity contribution in [3.63, 3.8) is 0 Å². The molecule has 3 N–H and O–H groups in total. The van der Waals surface area contributed by atoms with E-state index >= 15 is 0 Å². The maximum Gasteiger partial charge on any atom is 0.123 e. The average Bonchev–Trinajstić information content (AvgIpc) is 2.58. The minimum absolute atomic E-state index is 0.562. The van der Waals surface area contributed by atoms with Crippen molar-refractivity contribution >= 4 is 5.69 Å². The molecule has 1 aliphatic rings. The van der Waals surface area contributed by atoms with Crippen molar-refractivity contribution in [3.8, 4) is 5.75 Å². The van der Waals surface area contributed by atoms with Gasteiger partial charge < -0.3 is 15.6 Å². The Balaban J connectivity index is 2.11. The highest BCUT2D eigenvalue weighted by molar-refractivity contribution is 5.47. The number of nitrogens with two attached hydrogens (primary N) is 1. The first-order valence-corrected chi connectivity index (χ1v) is 5.87. The number of β-amino-alcohol motifs (C(OH)–C–C–N with tert-alkyl or cyclic N) is 1. The van der Waals surface area contributed by atoms with Crippen molar-refractivity contribution in [1.82, 2.24) is 4.90 Å². The molecule has 1 heterocycles. The van der Waals surface area contributed by atoms with Crippen LogP contribution < -0.4 is 10.5 Å². The number of hydrogen-bond acceptors (Lipinski definition) is 4. The lowest BCUT2D eigenvalue weighted by Gasteiger charge is -2.20. The van der Waals surface area contributed by atoms with Crippen molar-refractivity contribution in [3.05, 3.63) is 23.8 Å². The van der Waals surface area contributed by atoms with Gasteiger partial charge >= 0.3 is 0 Å². The van der Waals surface area contributed by atoms with Crippen LogP contribution in [0.2, 0.25) is 0 Å². The van der Waals surface area contributed by atoms with E-state index in [1.54, 1.807) is 7.11 Å². The predicted octanol–water partition coefficient (Wildman–Crippen LogP) is 1.23. The third-order valence-corrected chi connectivity index (χ3v) is 3.23. The molecule has 0 aliphatic carbocycles. The number of anilines is 1. The maximum absolute atomic E-state index is 9.93. The quantitative estimate of drug-likeness (QED) is 0.775. The lowest BCUT2D eigenvalue weighted by atomic mass is 10.1. The van der Waals surface area contributed by atoms with E-state index in [2.05, 4.69) is 4.90 Å². The summed E-state index contributed by atoms with van der Waals surface area (Å²) in [5.74, 6) is 0.853. The largest absolute Gasteiger partial charge is 0.496 e. The smallest absolute Gasteiger partial charge is 0.123 e. The van der Waals surface area contributed by atoms with E-state index in [0.29, 0.717) is 6.54 Å². The molecule has 2 rings (SSSR count). The van der Waals surface area contributed by atoms with Crippen molar-refractivity contribution in [2.45, 2.75) is 25.5 Å². The van der Waals surface area contributed by atoms with E-state index in [0.717, 1.165) is 36.5 Å². The summed E-state index contributed by atoms with van der Waals surface area (Å²) in [7, 11) is 1.66. The molecule has 0 saturated carbocycles. The molecule has 4 heteroatoms. The monoisotopic (exact) mass is 236 g/mol. The zero-order valence-corrected chi connectivity index (χ0v) is 10.4. The van der Waals surface area contributed by atoms with Crippen LogP contribution in [0.5, 0.6) is 5.75 Å². The SMILES string of the molecule is COc1ccc(N)cc1CN1CCC(C)(O)C1. The van der Waals surface area contributed by atoms with Gasteiger partial charge in [-0.2, -0.15) is 0 Å². The number of benzene rings is 1. The predicted molar refractivity (Wildman–Crippen MR) is 67.9 cm³/mol. The Hall–Kier alpha value is -1.26. The molecule has 1 aromatic carbocycles. The van der Waals surface area contributed by atoms with Crippen LogP contribution in [0.25, 0.3) is 0 Å². The lowest BCUT2D eigenvalue weighted by Crippen LogP contribution is -2.29. The van der Waals surface area contributed by atoms with Gasteiger partial charge in [0, 0.05) is 30.9 Å². The summed E-state index contributed by atoms with van der Waals surface area (Å²) < 4.78 is 5.32. The summed E-state index contributed by atoms with van der Waals surface area (Å²) in [5.41, 5.74) is 7.04. The van der Waals surface area contributed by atoms with Crippen molar-refractivity contribution < 1.29 is 9.84 Å². The number of nitrogen functional groups attached to an aromatic ring is 1. The Morgan fingerprint density at radius 2 is 2.29 bits per heavy atom. The molecule has 0 amide bonds. The van der Waals surface area contributed by atoms with Gasteiger partial charge in [-0.05, 0) is 31.5 Å². The van der Waals surface area contributed by atoms with E-state index in [1.165, 1.54) is 0 Å². The van der Waals surface area contributed by atoms with E-state index in [1.807, 2.05) is 25.1 Å². The molecule has 0 aromatic heterocycles. The topological polar surface area (TPSA) is 58.7 Å². The second kappa shape index (κ2) is 4.55. The number of rotatable bonds is 3. The number of nitrogens with zero attached hydrogens (tertiary/aromatic N) is 1. The number of hydrogen-bond donors (Lipinski definition) is 2. The standard InChI is InChI=1S/C13H20N2O2/c1-13(16)5-6-15(9-13)8-10-7-11(14)3-4-12(10)17-2/h3-4,7,16H,5-6,8-9,14H2,1-2H3. The molecule has 17 heavy (non-hydrogen) atoms. The number of methoxy groups -OCH3 is 1. The highest BCUT2D eigenvalue weighted by atomic mass is 16.5. The van der Waals surface area contributed by atoms with Crippen LogP contribution in [0.1, 0.15) is 18.9 Å². The number of likely N-dealkylation sites (tertiary alicyclic amines) is 1. The van der Waals surface area contributed by atoms with Gasteiger partial charge in [-0.25, -0.2) is 0 Å². The molecule has 1 atom stereocenters. The molecule has 4 nitrogen and oxygen atoms in total. The second-order valence-electron chi connectivity index (χ2n) is 5.03. The second-order valence-corrected chi connectivity index (χ2v) is 5.03. The zero-order chi connectivity index (χ0) is 12.5. The van der Waals surface area contributed by atoms with Gasteiger partial charge in [-0.3, -0.25) is 4.90 Å². The van der Waals surface area contributed by atoms with Crippen LogP contribution >= 0.6 is 0 Å². The summed E-state index contributed by atoms with van der Waals surface area (Å²) in [6.45, 7) is 4.25. The van der Waals surface area contributed by atoms with Crippen LogP contribution in [0.3, 0.4) is 0 Å². The molecule has 1 unspecified atom stereocenters. The zero-order valence-electron chi connectivity index (χ0n) is 10.4. The maximum atomic E-state index is 9.93. The van der Waals surface area contributed by atoms with Crippen LogP contribution in [0.4, 0.5) is 5.69 Å². The summed E-state index contributed by atoms with van der Waals surface area (Å²) in [4.78, 5) is 2.22. The van der Waals surface area contributed by atoms with Gasteiger partial charge in [0.2, 0.25) is 0 Å². The highest BCUT2D eigenvalue weighted by Crippen LogP contribution is 2.27. The summed E-state index contributed by atoms with van der Waals surface area (Å²) in [6, 6.07) is 5.66. The summed E-state index contributed by atoms with van der Waals surface area (Å²) >= 11 is 0. The fourth-order valence-electron chi connectivity index (χ4n) is 2.34. The first-order valence-electron chi connectivity index (χ1n) is 5.87. The lowest BCUT2D eigenvalue weighted by molar-refractivity contribution is 0.0678. The van der Waals surface area contributed by atoms with Gasteiger partial charge in [0.25, 0.3) is 0 Å². The minimum Gasteiger partial charge on any atom is -0.496 e. The van der Waals surface area contributed by atoms with Gasteiger partial charge in [-0.15, -0.1) is 0 Å². The van der Waals surface area contributed by atoms with Crippen LogP contribution in [-0.4, -0.2) is 35.8 Å². The normalized spacial score (nSPS) is 25.1. The first kappa shape index (κ1) is 12.2. The highest BCUT2D eigenvalue weighted by Gasteiger charge is 2.31. The molecule has 94 valence electrons. The van der Waals surface area contributed by atoms with E-state index in [4.69, 9.17) is 10.5 Å². The van der Waals surface area contributed by atoms with Crippen LogP contribution in [0.15, 0.2) is 18.2 Å². The van der Waals surface area contributed by atoms with Gasteiger partial charge in [0.15, 0.2) is 0 Å². The molecule has 0 spiro atoms. The summed E-state index contributed by atoms with van der Waals surface area (Å²) in [6.07, 6.45) is 0.817. The van der Waals surface area contributed by atoms with E-state index < -0.39 is 5.60 Å². The first-order chi connectivity index (χ1) is 8.00. The Bertz CT molecular complexity index is 404. The molecule has 1 saturated heterocycles. The molecule has 1 aliphatic heterocycles. The number of ether oxygens (including phenoxy) is 1. The molecule has 0 radical (unpaired) electrons. The van der Waals surface area contributed by atoms with Crippen LogP contribution in [0, 0.1) is 0 Å². The van der Waals surface area contributed by atoms with Gasteiger partial charge in [-0.1, -0.05) is 0 Å². The average molecular weight is 236 g/mol. The third kappa shape index (κ3) is 2.90. The van der Waals surface area contributed by atoms with Crippen LogP contribution in [-0.2, 0) is 6.54 Å². The van der Waals surface area contributed by atoms with Crippen molar-refractivity contribution in [1.29, 1.82) is 0 Å². The minimum atomic E-state index is -0.562. The Kier molecular flexibility index (Phi) is 3.26. The number of aliphatic hydroxyl groups is 1. The Labute approximate surface area is 102 Å². The molecule has 1 fully saturated rings. The molecular weight excluding hydrogens is 216 g/mol. The fraction of sp³-hybridized carbons (Fsp3) is 0.538. The summed E-state index contributed by atoms with van der Waals surface area (Å²) in [5, 5.41) is 9.93. The Morgan fingerprint density at radius 1 is 1.53 bits per heavy atom. The fourth-order valence-corrected chi connectivity index (χ4v) is 2.34. The van der Waals surface area contributed by atoms with Gasteiger partial charge in [0.1, 0.15) is 5.75 Å². The van der Waals surface area contributed by atoms with E-state index in [9.17, 15) is 5.11 Å².